The largest absolute Gasteiger partial charge is 0.481 e. The van der Waals surface area contributed by atoms with Gasteiger partial charge in [0, 0.05) is 56.2 Å². The van der Waals surface area contributed by atoms with Crippen molar-refractivity contribution in [2.75, 3.05) is 31.8 Å². The topological polar surface area (TPSA) is 97.7 Å². The fourth-order valence-corrected chi connectivity index (χ4v) is 3.25. The first kappa shape index (κ1) is 21.4. The Morgan fingerprint density at radius 2 is 1.37 bits per heavy atom. The number of rotatable bonds is 9. The Balaban J connectivity index is 1.72. The highest BCUT2D eigenvalue weighted by Crippen LogP contribution is 2.15. The van der Waals surface area contributed by atoms with Crippen LogP contribution in [0.4, 0.5) is 11.6 Å². The molecule has 3 aromatic heterocycles. The third-order valence-corrected chi connectivity index (χ3v) is 4.68. The summed E-state index contributed by atoms with van der Waals surface area (Å²) in [5.74, 6) is 3.84. The molecule has 0 fully saturated rings. The number of aryl methyl sites for hydroxylation is 6. The number of hydrogen-bond acceptors (Lipinski definition) is 8. The quantitative estimate of drug-likeness (QED) is 0.559. The van der Waals surface area contributed by atoms with Gasteiger partial charge < -0.3 is 15.4 Å². The van der Waals surface area contributed by atoms with Crippen molar-refractivity contribution in [3.8, 4) is 5.88 Å². The van der Waals surface area contributed by atoms with Crippen LogP contribution in [0.2, 0.25) is 0 Å². The van der Waals surface area contributed by atoms with Gasteiger partial charge in [-0.05, 0) is 44.4 Å². The molecule has 30 heavy (non-hydrogen) atoms. The monoisotopic (exact) mass is 407 g/mol. The first-order valence-electron chi connectivity index (χ1n) is 10.1. The number of hydrogen-bond donors (Lipinski definition) is 2. The maximum absolute atomic E-state index is 5.40. The third-order valence-electron chi connectivity index (χ3n) is 4.68. The zero-order chi connectivity index (χ0) is 21.5. The van der Waals surface area contributed by atoms with E-state index in [-0.39, 0.29) is 0 Å². The zero-order valence-corrected chi connectivity index (χ0v) is 18.3. The maximum Gasteiger partial charge on any atom is 0.216 e. The molecule has 0 saturated carbocycles. The molecular formula is C22H29N7O. The molecule has 8 heteroatoms. The highest BCUT2D eigenvalue weighted by Gasteiger charge is 2.09. The molecule has 8 nitrogen and oxygen atoms in total. The first-order chi connectivity index (χ1) is 14.5. The van der Waals surface area contributed by atoms with Gasteiger partial charge in [0.2, 0.25) is 5.88 Å². The lowest BCUT2D eigenvalue weighted by atomic mass is 10.1. The maximum atomic E-state index is 5.40. The molecule has 0 amide bonds. The Hall–Kier alpha value is -3.29. The molecule has 0 radical (unpaired) electrons. The highest BCUT2D eigenvalue weighted by molar-refractivity contribution is 5.39. The van der Waals surface area contributed by atoms with E-state index in [2.05, 4.69) is 42.7 Å². The zero-order valence-electron chi connectivity index (χ0n) is 18.3. The van der Waals surface area contributed by atoms with Crippen molar-refractivity contribution in [3.05, 3.63) is 58.6 Å². The fourth-order valence-electron chi connectivity index (χ4n) is 3.25. The van der Waals surface area contributed by atoms with Crippen LogP contribution < -0.4 is 15.4 Å². The second-order valence-electron chi connectivity index (χ2n) is 7.13. The van der Waals surface area contributed by atoms with Crippen LogP contribution >= 0.6 is 0 Å². The predicted molar refractivity (Wildman–Crippen MR) is 118 cm³/mol. The van der Waals surface area contributed by atoms with Crippen molar-refractivity contribution >= 4 is 11.6 Å². The number of ether oxygens (including phenoxy) is 1. The minimum absolute atomic E-state index is 0.581. The number of nitrogens with zero attached hydrogens (tertiary/aromatic N) is 5. The Morgan fingerprint density at radius 1 is 0.700 bits per heavy atom. The van der Waals surface area contributed by atoms with Gasteiger partial charge in [0.1, 0.15) is 23.3 Å². The fraction of sp³-hybridized carbons (Fsp3) is 0.409. The van der Waals surface area contributed by atoms with E-state index >= 15 is 0 Å². The first-order valence-corrected chi connectivity index (χ1v) is 10.1. The van der Waals surface area contributed by atoms with E-state index in [9.17, 15) is 0 Å². The lowest BCUT2D eigenvalue weighted by molar-refractivity contribution is 0.393. The highest BCUT2D eigenvalue weighted by atomic mass is 16.5. The van der Waals surface area contributed by atoms with Gasteiger partial charge in [-0.15, -0.1) is 0 Å². The summed E-state index contributed by atoms with van der Waals surface area (Å²) in [6.45, 7) is 3.97. The summed E-state index contributed by atoms with van der Waals surface area (Å²) in [7, 11) is 5.36. The Bertz CT molecular complexity index is 931. The van der Waals surface area contributed by atoms with Crippen LogP contribution in [0.3, 0.4) is 0 Å². The van der Waals surface area contributed by atoms with Gasteiger partial charge >= 0.3 is 0 Å². The molecule has 0 atom stereocenters. The summed E-state index contributed by atoms with van der Waals surface area (Å²) in [6.07, 6.45) is 2.97. The van der Waals surface area contributed by atoms with Gasteiger partial charge in [-0.25, -0.2) is 19.9 Å². The molecule has 3 heterocycles. The van der Waals surface area contributed by atoms with Crippen molar-refractivity contribution in [3.63, 3.8) is 0 Å². The molecule has 0 spiro atoms. The van der Waals surface area contributed by atoms with E-state index in [1.165, 1.54) is 5.56 Å². The molecule has 0 aliphatic heterocycles. The van der Waals surface area contributed by atoms with E-state index in [1.807, 2.05) is 40.1 Å². The summed E-state index contributed by atoms with van der Waals surface area (Å²) in [5.41, 5.74) is 4.06. The smallest absolute Gasteiger partial charge is 0.216 e. The van der Waals surface area contributed by atoms with E-state index in [4.69, 9.17) is 9.72 Å². The number of anilines is 2. The molecule has 0 saturated heterocycles. The van der Waals surface area contributed by atoms with Gasteiger partial charge in [0.05, 0.1) is 7.11 Å². The summed E-state index contributed by atoms with van der Waals surface area (Å²) < 4.78 is 5.40. The lowest BCUT2D eigenvalue weighted by Gasteiger charge is -2.09. The average Bonchev–Trinajstić information content (AvgIpc) is 2.75. The molecule has 0 aliphatic carbocycles. The van der Waals surface area contributed by atoms with Gasteiger partial charge in [-0.3, -0.25) is 0 Å². The second-order valence-corrected chi connectivity index (χ2v) is 7.13. The number of nitrogens with one attached hydrogen (secondary N) is 2. The van der Waals surface area contributed by atoms with Crippen molar-refractivity contribution in [2.45, 2.75) is 39.5 Å². The molecule has 158 valence electrons. The predicted octanol–water partition coefficient (Wildman–Crippen LogP) is 2.94. The molecule has 0 bridgehead atoms. The average molecular weight is 408 g/mol. The van der Waals surface area contributed by atoms with Crippen LogP contribution in [0.25, 0.3) is 0 Å². The minimum atomic E-state index is 0.581. The molecule has 0 aromatic carbocycles. The van der Waals surface area contributed by atoms with Crippen molar-refractivity contribution < 1.29 is 4.74 Å². The number of pyridine rings is 1. The number of methoxy groups -OCH3 is 1. The van der Waals surface area contributed by atoms with E-state index in [0.29, 0.717) is 12.3 Å². The van der Waals surface area contributed by atoms with Crippen LogP contribution in [-0.4, -0.2) is 46.1 Å². The van der Waals surface area contributed by atoms with Gasteiger partial charge in [0.25, 0.3) is 0 Å². The summed E-state index contributed by atoms with van der Waals surface area (Å²) in [4.78, 5) is 22.8. The standard InChI is InChI=1S/C22H29N7O/c1-14-10-16(12-21(24-4)26-14)6-8-19-27-17(13-22(29-19)30-5)7-9-18-25-15(2)11-20(23-3)28-18/h10-13H,6-9H2,1-5H3,(H,24,26)(H,23,25,28). The van der Waals surface area contributed by atoms with Gasteiger partial charge in [-0.1, -0.05) is 0 Å². The molecular weight excluding hydrogens is 378 g/mol. The Morgan fingerprint density at radius 3 is 2.10 bits per heavy atom. The Labute approximate surface area is 177 Å². The number of aromatic nitrogens is 5. The SMILES string of the molecule is CNc1cc(CCc2nc(CCc3nc(C)cc(NC)n3)cc(OC)n2)cc(C)n1. The molecule has 0 aliphatic rings. The summed E-state index contributed by atoms with van der Waals surface area (Å²) in [6, 6.07) is 7.96. The van der Waals surface area contributed by atoms with Crippen LogP contribution in [0.1, 0.15) is 34.3 Å². The Kier molecular flexibility index (Phi) is 7.11. The molecule has 3 aromatic rings. The van der Waals surface area contributed by atoms with Crippen LogP contribution in [-0.2, 0) is 25.7 Å². The lowest BCUT2D eigenvalue weighted by Crippen LogP contribution is -2.07. The van der Waals surface area contributed by atoms with Gasteiger partial charge in [-0.2, -0.15) is 4.98 Å². The third kappa shape index (κ3) is 5.85. The second kappa shape index (κ2) is 9.96. The van der Waals surface area contributed by atoms with Crippen LogP contribution in [0, 0.1) is 13.8 Å². The summed E-state index contributed by atoms with van der Waals surface area (Å²) in [5, 5.41) is 6.17. The summed E-state index contributed by atoms with van der Waals surface area (Å²) >= 11 is 0. The minimum Gasteiger partial charge on any atom is -0.481 e. The molecule has 0 unspecified atom stereocenters. The molecule has 2 N–H and O–H groups in total. The van der Waals surface area contributed by atoms with Crippen molar-refractivity contribution in [2.24, 2.45) is 0 Å². The van der Waals surface area contributed by atoms with Crippen molar-refractivity contribution in [1.82, 2.24) is 24.9 Å². The van der Waals surface area contributed by atoms with E-state index < -0.39 is 0 Å². The van der Waals surface area contributed by atoms with Crippen LogP contribution in [0.15, 0.2) is 24.3 Å². The normalized spacial score (nSPS) is 10.7. The van der Waals surface area contributed by atoms with Crippen LogP contribution in [0.5, 0.6) is 5.88 Å². The molecule has 3 rings (SSSR count). The van der Waals surface area contributed by atoms with E-state index in [1.54, 1.807) is 7.11 Å². The van der Waals surface area contributed by atoms with Crippen molar-refractivity contribution in [1.29, 1.82) is 0 Å². The van der Waals surface area contributed by atoms with E-state index in [0.717, 1.165) is 59.6 Å². The van der Waals surface area contributed by atoms with Gasteiger partial charge in [0.15, 0.2) is 0 Å².